The molecule has 0 spiro atoms. The van der Waals surface area contributed by atoms with Crippen LogP contribution in [0.5, 0.6) is 17.2 Å². The predicted octanol–water partition coefficient (Wildman–Crippen LogP) is 0.656. The molecule has 5 atom stereocenters. The highest BCUT2D eigenvalue weighted by Gasteiger charge is 2.44. The van der Waals surface area contributed by atoms with E-state index in [9.17, 15) is 25.2 Å². The van der Waals surface area contributed by atoms with Crippen LogP contribution < -0.4 is 19.6 Å². The first-order chi connectivity index (χ1) is 15.9. The summed E-state index contributed by atoms with van der Waals surface area (Å²) in [5.41, 5.74) is 0.597. The average molecular weight is 460 g/mol. The molecule has 0 radical (unpaired) electrons. The van der Waals surface area contributed by atoms with Crippen LogP contribution in [-0.2, 0) is 4.74 Å². The van der Waals surface area contributed by atoms with Crippen molar-refractivity contribution in [1.29, 1.82) is 0 Å². The zero-order chi connectivity index (χ0) is 23.7. The number of aliphatic hydroxyl groups excluding tert-OH is 4. The minimum absolute atomic E-state index is 0.285. The zero-order valence-corrected chi connectivity index (χ0v) is 17.9. The minimum Gasteiger partial charge on any atom is -0.496 e. The molecule has 10 nitrogen and oxygen atoms in total. The van der Waals surface area contributed by atoms with Gasteiger partial charge in [0.05, 0.1) is 20.8 Å². The standard InChI is InChI=1S/C23H24O10/c1-29-13-7-16(30-2)19-14(25)9-15(32-17(19)8-13)11-3-5-12(6-4-11)31-23-22(28)21(27)20(26)18(10-24)33-23/h3-9,18,20-24,26-28H,10H2,1-2H3/t18?,20-,21?,22?,23+/m0/s1. The monoisotopic (exact) mass is 460 g/mol. The van der Waals surface area contributed by atoms with E-state index in [4.69, 9.17) is 23.4 Å². The molecule has 4 N–H and O–H groups in total. The van der Waals surface area contributed by atoms with Crippen molar-refractivity contribution in [2.45, 2.75) is 30.7 Å². The first-order valence-electron chi connectivity index (χ1n) is 10.1. The number of fused-ring (bicyclic) bond motifs is 1. The van der Waals surface area contributed by atoms with Gasteiger partial charge in [0, 0.05) is 23.8 Å². The molecule has 0 bridgehead atoms. The van der Waals surface area contributed by atoms with E-state index in [-0.39, 0.29) is 11.2 Å². The van der Waals surface area contributed by atoms with E-state index >= 15 is 0 Å². The van der Waals surface area contributed by atoms with Crippen molar-refractivity contribution >= 4 is 11.0 Å². The van der Waals surface area contributed by atoms with Crippen molar-refractivity contribution in [1.82, 2.24) is 0 Å². The Bertz CT molecular complexity index is 1170. The SMILES string of the molecule is COc1cc(OC)c2c(=O)cc(-c3ccc(O[C@@H]4OC(CO)[C@H](O)C(O)C4O)cc3)oc2c1. The van der Waals surface area contributed by atoms with Gasteiger partial charge in [0.2, 0.25) is 6.29 Å². The normalized spacial score (nSPS) is 25.1. The van der Waals surface area contributed by atoms with Gasteiger partial charge < -0.3 is 43.8 Å². The maximum atomic E-state index is 12.7. The van der Waals surface area contributed by atoms with Crippen LogP contribution in [0.25, 0.3) is 22.3 Å². The molecule has 3 unspecified atom stereocenters. The highest BCUT2D eigenvalue weighted by atomic mass is 16.7. The summed E-state index contributed by atoms with van der Waals surface area (Å²) in [5.74, 6) is 1.41. The van der Waals surface area contributed by atoms with Gasteiger partial charge in [-0.1, -0.05) is 0 Å². The lowest BCUT2D eigenvalue weighted by atomic mass is 9.99. The van der Waals surface area contributed by atoms with E-state index < -0.39 is 37.3 Å². The summed E-state index contributed by atoms with van der Waals surface area (Å²) in [6.45, 7) is -0.555. The van der Waals surface area contributed by atoms with E-state index in [0.29, 0.717) is 33.8 Å². The second-order valence-electron chi connectivity index (χ2n) is 7.52. The van der Waals surface area contributed by atoms with Crippen LogP contribution >= 0.6 is 0 Å². The van der Waals surface area contributed by atoms with Gasteiger partial charge in [0.15, 0.2) is 5.43 Å². The average Bonchev–Trinajstić information content (AvgIpc) is 2.83. The Hall–Kier alpha value is -3.15. The van der Waals surface area contributed by atoms with Gasteiger partial charge in [0.1, 0.15) is 58.4 Å². The van der Waals surface area contributed by atoms with Gasteiger partial charge in [-0.25, -0.2) is 0 Å². The molecular weight excluding hydrogens is 436 g/mol. The molecule has 0 saturated carbocycles. The van der Waals surface area contributed by atoms with E-state index in [1.165, 1.54) is 20.3 Å². The molecule has 1 fully saturated rings. The summed E-state index contributed by atoms with van der Waals surface area (Å²) < 4.78 is 27.4. The number of methoxy groups -OCH3 is 2. The number of ether oxygens (including phenoxy) is 4. The molecular formula is C23H24O10. The Morgan fingerprint density at radius 2 is 1.64 bits per heavy atom. The summed E-state index contributed by atoms with van der Waals surface area (Å²) >= 11 is 0. The molecule has 1 aliphatic heterocycles. The fraction of sp³-hybridized carbons (Fsp3) is 0.348. The van der Waals surface area contributed by atoms with Gasteiger partial charge in [-0.05, 0) is 24.3 Å². The minimum atomic E-state index is -1.54. The van der Waals surface area contributed by atoms with E-state index in [2.05, 4.69) is 0 Å². The number of benzene rings is 2. The topological polar surface area (TPSA) is 148 Å². The van der Waals surface area contributed by atoms with Crippen LogP contribution in [-0.4, -0.2) is 72.0 Å². The molecule has 2 aromatic carbocycles. The van der Waals surface area contributed by atoms with Crippen molar-refractivity contribution < 1.29 is 43.8 Å². The second-order valence-corrected chi connectivity index (χ2v) is 7.52. The largest absolute Gasteiger partial charge is 0.496 e. The third-order valence-corrected chi connectivity index (χ3v) is 5.46. The molecule has 1 saturated heterocycles. The highest BCUT2D eigenvalue weighted by Crippen LogP contribution is 2.32. The van der Waals surface area contributed by atoms with Crippen LogP contribution in [0, 0.1) is 0 Å². The lowest BCUT2D eigenvalue weighted by Gasteiger charge is -2.39. The molecule has 0 aliphatic carbocycles. The quantitative estimate of drug-likeness (QED) is 0.413. The van der Waals surface area contributed by atoms with Crippen molar-refractivity contribution in [3.63, 3.8) is 0 Å². The molecule has 1 aromatic heterocycles. The molecule has 1 aliphatic rings. The summed E-state index contributed by atoms with van der Waals surface area (Å²) in [5, 5.41) is 39.5. The van der Waals surface area contributed by atoms with Gasteiger partial charge >= 0.3 is 0 Å². The van der Waals surface area contributed by atoms with Crippen LogP contribution in [0.4, 0.5) is 0 Å². The molecule has 2 heterocycles. The summed E-state index contributed by atoms with van der Waals surface area (Å²) in [7, 11) is 2.95. The summed E-state index contributed by atoms with van der Waals surface area (Å²) in [4.78, 5) is 12.7. The fourth-order valence-corrected chi connectivity index (χ4v) is 3.65. The maximum Gasteiger partial charge on any atom is 0.229 e. The number of aliphatic hydroxyl groups is 4. The number of hydrogen-bond acceptors (Lipinski definition) is 10. The fourth-order valence-electron chi connectivity index (χ4n) is 3.65. The Kier molecular flexibility index (Phi) is 6.54. The van der Waals surface area contributed by atoms with Gasteiger partial charge in [-0.15, -0.1) is 0 Å². The molecule has 0 amide bonds. The number of rotatable bonds is 6. The smallest absolute Gasteiger partial charge is 0.229 e. The Morgan fingerprint density at radius 3 is 2.27 bits per heavy atom. The second kappa shape index (κ2) is 9.38. The van der Waals surface area contributed by atoms with Crippen LogP contribution in [0.15, 0.2) is 51.7 Å². The predicted molar refractivity (Wildman–Crippen MR) is 115 cm³/mol. The molecule has 4 rings (SSSR count). The highest BCUT2D eigenvalue weighted by molar-refractivity contribution is 5.86. The third kappa shape index (κ3) is 4.39. The summed E-state index contributed by atoms with van der Waals surface area (Å²) in [6, 6.07) is 11.0. The van der Waals surface area contributed by atoms with Crippen molar-refractivity contribution in [2.75, 3.05) is 20.8 Å². The maximum absolute atomic E-state index is 12.7. The first-order valence-corrected chi connectivity index (χ1v) is 10.1. The lowest BCUT2D eigenvalue weighted by Crippen LogP contribution is -2.60. The third-order valence-electron chi connectivity index (χ3n) is 5.46. The van der Waals surface area contributed by atoms with E-state index in [1.807, 2.05) is 0 Å². The summed E-state index contributed by atoms with van der Waals surface area (Å²) in [6.07, 6.45) is -6.91. The molecule has 33 heavy (non-hydrogen) atoms. The van der Waals surface area contributed by atoms with Crippen LogP contribution in [0.1, 0.15) is 0 Å². The van der Waals surface area contributed by atoms with Crippen molar-refractivity contribution in [3.05, 3.63) is 52.7 Å². The zero-order valence-electron chi connectivity index (χ0n) is 17.9. The van der Waals surface area contributed by atoms with Gasteiger partial charge in [0.25, 0.3) is 0 Å². The van der Waals surface area contributed by atoms with E-state index in [0.717, 1.165) is 0 Å². The van der Waals surface area contributed by atoms with Crippen LogP contribution in [0.3, 0.4) is 0 Å². The lowest BCUT2D eigenvalue weighted by molar-refractivity contribution is -0.277. The van der Waals surface area contributed by atoms with Gasteiger partial charge in [-0.3, -0.25) is 4.79 Å². The Morgan fingerprint density at radius 1 is 0.909 bits per heavy atom. The molecule has 176 valence electrons. The van der Waals surface area contributed by atoms with Crippen molar-refractivity contribution in [2.24, 2.45) is 0 Å². The number of hydrogen-bond donors (Lipinski definition) is 4. The van der Waals surface area contributed by atoms with Crippen molar-refractivity contribution in [3.8, 4) is 28.6 Å². The Labute approximate surface area is 188 Å². The van der Waals surface area contributed by atoms with Crippen LogP contribution in [0.2, 0.25) is 0 Å². The Balaban J connectivity index is 1.60. The first kappa shape index (κ1) is 23.0. The van der Waals surface area contributed by atoms with Gasteiger partial charge in [-0.2, -0.15) is 0 Å². The molecule has 10 heteroatoms. The molecule has 3 aromatic rings. The van der Waals surface area contributed by atoms with E-state index in [1.54, 1.807) is 36.4 Å².